The van der Waals surface area contributed by atoms with Crippen LogP contribution in [0.5, 0.6) is 0 Å². The number of carbonyl (C=O) groups excluding carboxylic acids is 1. The van der Waals surface area contributed by atoms with Gasteiger partial charge < -0.3 is 4.90 Å². The van der Waals surface area contributed by atoms with E-state index in [4.69, 9.17) is 4.98 Å². The zero-order valence-corrected chi connectivity index (χ0v) is 16.9. The van der Waals surface area contributed by atoms with Gasteiger partial charge in [0.1, 0.15) is 5.82 Å². The van der Waals surface area contributed by atoms with Gasteiger partial charge in [-0.25, -0.2) is 4.98 Å². The van der Waals surface area contributed by atoms with E-state index in [2.05, 4.69) is 23.1 Å². The van der Waals surface area contributed by atoms with E-state index in [-0.39, 0.29) is 5.78 Å². The van der Waals surface area contributed by atoms with Crippen LogP contribution in [-0.2, 0) is 0 Å². The first-order valence-electron chi connectivity index (χ1n) is 10.6. The van der Waals surface area contributed by atoms with Crippen molar-refractivity contribution in [3.8, 4) is 0 Å². The minimum absolute atomic E-state index is 0.0181. The molecule has 30 heavy (non-hydrogen) atoms. The molecule has 3 heteroatoms. The monoisotopic (exact) mass is 392 g/mol. The highest BCUT2D eigenvalue weighted by atomic mass is 16.1. The van der Waals surface area contributed by atoms with Gasteiger partial charge in [0.2, 0.25) is 0 Å². The molecule has 1 aliphatic rings. The van der Waals surface area contributed by atoms with Crippen molar-refractivity contribution in [1.29, 1.82) is 0 Å². The van der Waals surface area contributed by atoms with Crippen molar-refractivity contribution >= 4 is 39.4 Å². The molecule has 0 aliphatic carbocycles. The first-order chi connectivity index (χ1) is 14.8. The highest BCUT2D eigenvalue weighted by molar-refractivity contribution is 6.15. The summed E-state index contributed by atoms with van der Waals surface area (Å²) >= 11 is 0. The Hall–Kier alpha value is -3.46. The van der Waals surface area contributed by atoms with E-state index in [0.717, 1.165) is 51.7 Å². The summed E-state index contributed by atoms with van der Waals surface area (Å²) in [6.07, 6.45) is 7.28. The standard InChI is InChI=1S/C27H24N2O/c30-26(24-13-8-11-20-9-2-4-12-23(20)24)16-15-22-19-21-10-3-5-14-25(21)28-27(22)29-17-6-1-7-18-29/h2-5,8-16,19H,1,6-7,17-18H2/b16-15+. The molecular formula is C27H24N2O. The Balaban J connectivity index is 1.55. The Labute approximate surface area is 176 Å². The van der Waals surface area contributed by atoms with Gasteiger partial charge in [-0.3, -0.25) is 4.79 Å². The van der Waals surface area contributed by atoms with E-state index in [9.17, 15) is 4.79 Å². The van der Waals surface area contributed by atoms with Crippen molar-refractivity contribution in [3.05, 3.63) is 90.0 Å². The summed E-state index contributed by atoms with van der Waals surface area (Å²) in [7, 11) is 0. The number of anilines is 1. The molecule has 3 nitrogen and oxygen atoms in total. The van der Waals surface area contributed by atoms with Gasteiger partial charge in [0.05, 0.1) is 5.52 Å². The van der Waals surface area contributed by atoms with E-state index >= 15 is 0 Å². The molecule has 1 saturated heterocycles. The molecule has 2 heterocycles. The number of nitrogens with zero attached hydrogens (tertiary/aromatic N) is 2. The highest BCUT2D eigenvalue weighted by Crippen LogP contribution is 2.28. The molecule has 5 rings (SSSR count). The van der Waals surface area contributed by atoms with E-state index < -0.39 is 0 Å². The number of hydrogen-bond donors (Lipinski definition) is 0. The summed E-state index contributed by atoms with van der Waals surface area (Å²) in [5.41, 5.74) is 2.73. The number of rotatable bonds is 4. The summed E-state index contributed by atoms with van der Waals surface area (Å²) in [6, 6.07) is 24.2. The lowest BCUT2D eigenvalue weighted by Gasteiger charge is -2.29. The van der Waals surface area contributed by atoms with Crippen molar-refractivity contribution < 1.29 is 4.79 Å². The van der Waals surface area contributed by atoms with Gasteiger partial charge in [-0.05, 0) is 54.3 Å². The maximum Gasteiger partial charge on any atom is 0.186 e. The normalized spacial score (nSPS) is 14.6. The zero-order valence-electron chi connectivity index (χ0n) is 16.9. The van der Waals surface area contributed by atoms with Gasteiger partial charge in [-0.15, -0.1) is 0 Å². The van der Waals surface area contributed by atoms with Crippen LogP contribution in [0.3, 0.4) is 0 Å². The van der Waals surface area contributed by atoms with Crippen molar-refractivity contribution in [2.24, 2.45) is 0 Å². The third-order valence-electron chi connectivity index (χ3n) is 5.86. The topological polar surface area (TPSA) is 33.2 Å². The average Bonchev–Trinajstić information content (AvgIpc) is 2.82. The van der Waals surface area contributed by atoms with Gasteiger partial charge in [0.25, 0.3) is 0 Å². The number of carbonyl (C=O) groups is 1. The lowest BCUT2D eigenvalue weighted by atomic mass is 10.0. The van der Waals surface area contributed by atoms with Crippen molar-refractivity contribution in [2.45, 2.75) is 19.3 Å². The third-order valence-corrected chi connectivity index (χ3v) is 5.86. The van der Waals surface area contributed by atoms with E-state index in [1.54, 1.807) is 6.08 Å². The van der Waals surface area contributed by atoms with Crippen molar-refractivity contribution in [1.82, 2.24) is 4.98 Å². The molecule has 1 fully saturated rings. The fraction of sp³-hybridized carbons (Fsp3) is 0.185. The average molecular weight is 393 g/mol. The van der Waals surface area contributed by atoms with Crippen LogP contribution in [-0.4, -0.2) is 23.9 Å². The van der Waals surface area contributed by atoms with E-state index in [1.807, 2.05) is 60.7 Å². The summed E-state index contributed by atoms with van der Waals surface area (Å²) in [5, 5.41) is 3.16. The van der Waals surface area contributed by atoms with Crippen LogP contribution in [0.25, 0.3) is 27.8 Å². The molecule has 0 radical (unpaired) electrons. The summed E-state index contributed by atoms with van der Waals surface area (Å²) < 4.78 is 0. The van der Waals surface area contributed by atoms with Crippen molar-refractivity contribution in [3.63, 3.8) is 0 Å². The first kappa shape index (κ1) is 18.6. The maximum absolute atomic E-state index is 13.1. The lowest BCUT2D eigenvalue weighted by molar-refractivity contribution is 0.104. The smallest absolute Gasteiger partial charge is 0.186 e. The Morgan fingerprint density at radius 2 is 1.57 bits per heavy atom. The fourth-order valence-electron chi connectivity index (χ4n) is 4.30. The second kappa shape index (κ2) is 8.11. The predicted molar refractivity (Wildman–Crippen MR) is 125 cm³/mol. The molecule has 0 spiro atoms. The summed E-state index contributed by atoms with van der Waals surface area (Å²) in [5.74, 6) is 1.000. The Kier molecular flexibility index (Phi) is 5.02. The third kappa shape index (κ3) is 3.59. The van der Waals surface area contributed by atoms with Crippen LogP contribution >= 0.6 is 0 Å². The van der Waals surface area contributed by atoms with Gasteiger partial charge in [0.15, 0.2) is 5.78 Å². The predicted octanol–water partition coefficient (Wildman–Crippen LogP) is 6.27. The zero-order chi connectivity index (χ0) is 20.3. The summed E-state index contributed by atoms with van der Waals surface area (Å²) in [6.45, 7) is 2.03. The number of benzene rings is 3. The number of para-hydroxylation sites is 1. The molecule has 0 unspecified atom stereocenters. The molecule has 148 valence electrons. The number of ketones is 1. The molecule has 0 bridgehead atoms. The minimum atomic E-state index is 0.0181. The van der Waals surface area contributed by atoms with Crippen LogP contribution in [0.1, 0.15) is 35.2 Å². The number of hydrogen-bond acceptors (Lipinski definition) is 3. The lowest BCUT2D eigenvalue weighted by Crippen LogP contribution is -2.30. The molecule has 0 N–H and O–H groups in total. The number of aromatic nitrogens is 1. The Bertz CT molecular complexity index is 1250. The maximum atomic E-state index is 13.1. The minimum Gasteiger partial charge on any atom is -0.356 e. The largest absolute Gasteiger partial charge is 0.356 e. The van der Waals surface area contributed by atoms with Gasteiger partial charge in [0, 0.05) is 29.6 Å². The molecule has 0 amide bonds. The van der Waals surface area contributed by atoms with Crippen LogP contribution in [0.4, 0.5) is 5.82 Å². The first-order valence-corrected chi connectivity index (χ1v) is 10.6. The number of allylic oxidation sites excluding steroid dienone is 1. The van der Waals surface area contributed by atoms with E-state index in [1.165, 1.54) is 19.3 Å². The number of piperidine rings is 1. The highest BCUT2D eigenvalue weighted by Gasteiger charge is 2.16. The Morgan fingerprint density at radius 3 is 2.43 bits per heavy atom. The van der Waals surface area contributed by atoms with Crippen LogP contribution in [0.15, 0.2) is 78.9 Å². The summed E-state index contributed by atoms with van der Waals surface area (Å²) in [4.78, 5) is 20.4. The molecule has 1 aromatic heterocycles. The van der Waals surface area contributed by atoms with Gasteiger partial charge in [-0.1, -0.05) is 60.7 Å². The number of pyridine rings is 1. The Morgan fingerprint density at radius 1 is 0.833 bits per heavy atom. The SMILES string of the molecule is O=C(/C=C/c1cc2ccccc2nc1N1CCCCC1)c1cccc2ccccc12. The molecule has 0 atom stereocenters. The number of fused-ring (bicyclic) bond motifs is 2. The van der Waals surface area contributed by atoms with E-state index in [0.29, 0.717) is 0 Å². The fourth-order valence-corrected chi connectivity index (χ4v) is 4.30. The van der Waals surface area contributed by atoms with Crippen LogP contribution in [0.2, 0.25) is 0 Å². The van der Waals surface area contributed by atoms with Gasteiger partial charge >= 0.3 is 0 Å². The molecule has 4 aromatic rings. The molecule has 3 aromatic carbocycles. The molecular weight excluding hydrogens is 368 g/mol. The molecule has 1 aliphatic heterocycles. The quantitative estimate of drug-likeness (QED) is 0.303. The second-order valence-electron chi connectivity index (χ2n) is 7.87. The van der Waals surface area contributed by atoms with Gasteiger partial charge in [-0.2, -0.15) is 0 Å². The van der Waals surface area contributed by atoms with Crippen molar-refractivity contribution in [2.75, 3.05) is 18.0 Å². The van der Waals surface area contributed by atoms with Crippen LogP contribution in [0, 0.1) is 0 Å². The van der Waals surface area contributed by atoms with Crippen LogP contribution < -0.4 is 4.90 Å². The molecule has 0 saturated carbocycles. The second-order valence-corrected chi connectivity index (χ2v) is 7.87.